The van der Waals surface area contributed by atoms with Gasteiger partial charge in [-0.25, -0.2) is 4.79 Å². The Balaban J connectivity index is 1.55. The number of carbonyl (C=O) groups excluding carboxylic acids is 1. The zero-order chi connectivity index (χ0) is 17.8. The summed E-state index contributed by atoms with van der Waals surface area (Å²) in [6, 6.07) is 12.7. The molecule has 2 N–H and O–H groups in total. The number of amides is 2. The van der Waals surface area contributed by atoms with Gasteiger partial charge in [-0.05, 0) is 49.7 Å². The first kappa shape index (κ1) is 17.5. The quantitative estimate of drug-likeness (QED) is 0.849. The van der Waals surface area contributed by atoms with Crippen LogP contribution in [0.2, 0.25) is 0 Å². The van der Waals surface area contributed by atoms with Crippen molar-refractivity contribution in [2.45, 2.75) is 25.4 Å². The molecule has 3 rings (SSSR count). The molecule has 1 saturated carbocycles. The van der Waals surface area contributed by atoms with Gasteiger partial charge in [-0.15, -0.1) is 0 Å². The third-order valence-electron chi connectivity index (χ3n) is 5.14. The van der Waals surface area contributed by atoms with E-state index in [0.29, 0.717) is 18.5 Å². The van der Waals surface area contributed by atoms with Gasteiger partial charge in [-0.1, -0.05) is 30.3 Å². The summed E-state index contributed by atoms with van der Waals surface area (Å²) in [5, 5.41) is 8.20. The number of nitrogens with one attached hydrogen (secondary N) is 2. The molecule has 0 heterocycles. The van der Waals surface area contributed by atoms with Gasteiger partial charge in [-0.2, -0.15) is 0 Å². The van der Waals surface area contributed by atoms with Crippen LogP contribution < -0.4 is 15.4 Å². The van der Waals surface area contributed by atoms with E-state index in [-0.39, 0.29) is 6.03 Å². The number of benzene rings is 2. The Morgan fingerprint density at radius 2 is 1.92 bits per heavy atom. The number of rotatable bonds is 6. The largest absolute Gasteiger partial charge is 0.496 e. The highest BCUT2D eigenvalue weighted by Gasteiger charge is 2.30. The van der Waals surface area contributed by atoms with Crippen molar-refractivity contribution in [2.24, 2.45) is 5.92 Å². The molecule has 0 bridgehead atoms. The second-order valence-electron chi connectivity index (χ2n) is 6.99. The van der Waals surface area contributed by atoms with Crippen LogP contribution in [-0.2, 0) is 6.54 Å². The summed E-state index contributed by atoms with van der Waals surface area (Å²) < 4.78 is 5.47. The molecule has 134 valence electrons. The molecule has 0 aliphatic heterocycles. The SMILES string of the molecule is COc1ccc2ccccc2c1CNC(=O)NCC1CC(N(C)C)C1. The van der Waals surface area contributed by atoms with Crippen molar-refractivity contribution in [3.8, 4) is 5.75 Å². The van der Waals surface area contributed by atoms with Crippen molar-refractivity contribution >= 4 is 16.8 Å². The van der Waals surface area contributed by atoms with Crippen molar-refractivity contribution in [3.05, 3.63) is 42.0 Å². The van der Waals surface area contributed by atoms with Gasteiger partial charge in [0.25, 0.3) is 0 Å². The van der Waals surface area contributed by atoms with Crippen LogP contribution in [-0.4, -0.2) is 44.7 Å². The molecule has 0 saturated heterocycles. The van der Waals surface area contributed by atoms with Crippen LogP contribution in [0.25, 0.3) is 10.8 Å². The van der Waals surface area contributed by atoms with E-state index in [1.807, 2.05) is 24.3 Å². The lowest BCUT2D eigenvalue weighted by Crippen LogP contribution is -2.46. The lowest BCUT2D eigenvalue weighted by molar-refractivity contribution is 0.123. The Hall–Kier alpha value is -2.27. The Morgan fingerprint density at radius 3 is 2.64 bits per heavy atom. The fraction of sp³-hybridized carbons (Fsp3) is 0.450. The van der Waals surface area contributed by atoms with E-state index in [9.17, 15) is 4.79 Å². The van der Waals surface area contributed by atoms with Gasteiger partial charge < -0.3 is 20.3 Å². The van der Waals surface area contributed by atoms with Crippen molar-refractivity contribution < 1.29 is 9.53 Å². The maximum atomic E-state index is 12.1. The summed E-state index contributed by atoms with van der Waals surface area (Å²) >= 11 is 0. The molecule has 0 radical (unpaired) electrons. The monoisotopic (exact) mass is 341 g/mol. The molecule has 0 aromatic heterocycles. The molecular formula is C20H27N3O2. The molecule has 1 fully saturated rings. The maximum absolute atomic E-state index is 12.1. The van der Waals surface area contributed by atoms with Gasteiger partial charge in [0, 0.05) is 24.7 Å². The minimum absolute atomic E-state index is 0.122. The number of hydrogen-bond acceptors (Lipinski definition) is 3. The number of nitrogens with zero attached hydrogens (tertiary/aromatic N) is 1. The highest BCUT2D eigenvalue weighted by molar-refractivity contribution is 5.88. The third kappa shape index (κ3) is 4.04. The smallest absolute Gasteiger partial charge is 0.315 e. The topological polar surface area (TPSA) is 53.6 Å². The fourth-order valence-electron chi connectivity index (χ4n) is 3.45. The van der Waals surface area contributed by atoms with Crippen LogP contribution in [0.15, 0.2) is 36.4 Å². The van der Waals surface area contributed by atoms with Gasteiger partial charge in [0.2, 0.25) is 0 Å². The minimum Gasteiger partial charge on any atom is -0.496 e. The van der Waals surface area contributed by atoms with Crippen LogP contribution in [0, 0.1) is 5.92 Å². The summed E-state index contributed by atoms with van der Waals surface area (Å²) in [5.41, 5.74) is 1.01. The lowest BCUT2D eigenvalue weighted by atomic mass is 9.79. The molecule has 0 spiro atoms. The molecule has 2 aromatic rings. The number of fused-ring (bicyclic) bond motifs is 1. The number of urea groups is 1. The first-order chi connectivity index (χ1) is 12.1. The molecule has 2 amide bonds. The first-order valence-electron chi connectivity index (χ1n) is 8.81. The van der Waals surface area contributed by atoms with Gasteiger partial charge in [-0.3, -0.25) is 0 Å². The van der Waals surface area contributed by atoms with Crippen LogP contribution in [0.4, 0.5) is 4.79 Å². The van der Waals surface area contributed by atoms with Gasteiger partial charge >= 0.3 is 6.03 Å². The van der Waals surface area contributed by atoms with Crippen LogP contribution in [0.1, 0.15) is 18.4 Å². The first-order valence-corrected chi connectivity index (χ1v) is 8.81. The standard InChI is InChI=1S/C20H27N3O2/c1-23(2)16-10-14(11-16)12-21-20(24)22-13-18-17-7-5-4-6-15(17)8-9-19(18)25-3/h4-9,14,16H,10-13H2,1-3H3,(H2,21,22,24). The summed E-state index contributed by atoms with van der Waals surface area (Å²) in [7, 11) is 5.88. The molecule has 1 aliphatic carbocycles. The number of hydrogen-bond donors (Lipinski definition) is 2. The van der Waals surface area contributed by atoms with Crippen molar-refractivity contribution in [1.82, 2.24) is 15.5 Å². The Morgan fingerprint density at radius 1 is 1.16 bits per heavy atom. The van der Waals surface area contributed by atoms with Crippen LogP contribution in [0.3, 0.4) is 0 Å². The predicted molar refractivity (Wildman–Crippen MR) is 101 cm³/mol. The number of methoxy groups -OCH3 is 1. The van der Waals surface area contributed by atoms with E-state index in [1.165, 1.54) is 0 Å². The van der Waals surface area contributed by atoms with E-state index in [0.717, 1.165) is 41.5 Å². The highest BCUT2D eigenvalue weighted by Crippen LogP contribution is 2.30. The van der Waals surface area contributed by atoms with Gasteiger partial charge in [0.15, 0.2) is 0 Å². The third-order valence-corrected chi connectivity index (χ3v) is 5.14. The fourth-order valence-corrected chi connectivity index (χ4v) is 3.45. The highest BCUT2D eigenvalue weighted by atomic mass is 16.5. The van der Waals surface area contributed by atoms with E-state index in [2.05, 4.69) is 41.8 Å². The van der Waals surface area contributed by atoms with E-state index in [4.69, 9.17) is 4.74 Å². The van der Waals surface area contributed by atoms with Crippen LogP contribution in [0.5, 0.6) is 5.75 Å². The van der Waals surface area contributed by atoms with Gasteiger partial charge in [0.1, 0.15) is 5.75 Å². The molecule has 0 unspecified atom stereocenters. The molecule has 0 atom stereocenters. The molecule has 1 aliphatic rings. The summed E-state index contributed by atoms with van der Waals surface area (Å²) in [6.45, 7) is 1.18. The number of ether oxygens (including phenoxy) is 1. The van der Waals surface area contributed by atoms with E-state index >= 15 is 0 Å². The van der Waals surface area contributed by atoms with E-state index < -0.39 is 0 Å². The summed E-state index contributed by atoms with van der Waals surface area (Å²) in [6.07, 6.45) is 2.31. The van der Waals surface area contributed by atoms with Crippen molar-refractivity contribution in [2.75, 3.05) is 27.7 Å². The molecule has 5 heteroatoms. The predicted octanol–water partition coefficient (Wildman–Crippen LogP) is 2.99. The second kappa shape index (κ2) is 7.74. The minimum atomic E-state index is -0.122. The Bertz CT molecular complexity index is 739. The Labute approximate surface area is 149 Å². The van der Waals surface area contributed by atoms with Crippen LogP contribution >= 0.6 is 0 Å². The lowest BCUT2D eigenvalue weighted by Gasteiger charge is -2.39. The number of carbonyl (C=O) groups is 1. The molecule has 25 heavy (non-hydrogen) atoms. The molecule has 2 aromatic carbocycles. The normalized spacial score (nSPS) is 19.5. The summed E-state index contributed by atoms with van der Waals surface area (Å²) in [4.78, 5) is 14.4. The molecule has 5 nitrogen and oxygen atoms in total. The summed E-state index contributed by atoms with van der Waals surface area (Å²) in [5.74, 6) is 1.39. The maximum Gasteiger partial charge on any atom is 0.315 e. The average molecular weight is 341 g/mol. The van der Waals surface area contributed by atoms with Crippen molar-refractivity contribution in [1.29, 1.82) is 0 Å². The average Bonchev–Trinajstić information content (AvgIpc) is 2.57. The van der Waals surface area contributed by atoms with Crippen molar-refractivity contribution in [3.63, 3.8) is 0 Å². The second-order valence-corrected chi connectivity index (χ2v) is 6.99. The van der Waals surface area contributed by atoms with Gasteiger partial charge in [0.05, 0.1) is 7.11 Å². The zero-order valence-electron chi connectivity index (χ0n) is 15.2. The Kier molecular flexibility index (Phi) is 5.43. The van der Waals surface area contributed by atoms with E-state index in [1.54, 1.807) is 7.11 Å². The zero-order valence-corrected chi connectivity index (χ0v) is 15.2. The molecular weight excluding hydrogens is 314 g/mol.